The van der Waals surface area contributed by atoms with Crippen molar-refractivity contribution in [1.82, 2.24) is 20.1 Å². The summed E-state index contributed by atoms with van der Waals surface area (Å²) in [5, 5.41) is 7.04. The summed E-state index contributed by atoms with van der Waals surface area (Å²) in [7, 11) is -3.77. The molecular formula is C20H31N7O2S. The van der Waals surface area contributed by atoms with Crippen molar-refractivity contribution in [2.75, 3.05) is 16.5 Å². The van der Waals surface area contributed by atoms with E-state index in [2.05, 4.69) is 58.6 Å². The van der Waals surface area contributed by atoms with E-state index in [0.717, 1.165) is 18.4 Å². The van der Waals surface area contributed by atoms with Gasteiger partial charge in [0.1, 0.15) is 12.0 Å². The van der Waals surface area contributed by atoms with Crippen molar-refractivity contribution < 1.29 is 8.42 Å². The predicted molar refractivity (Wildman–Crippen MR) is 120 cm³/mol. The minimum atomic E-state index is -3.77. The summed E-state index contributed by atoms with van der Waals surface area (Å²) in [5.41, 5.74) is 9.98. The molecule has 0 radical (unpaired) electrons. The lowest BCUT2D eigenvalue weighted by atomic mass is 9.79. The highest BCUT2D eigenvalue weighted by Crippen LogP contribution is 2.32. The third kappa shape index (κ3) is 5.38. The van der Waals surface area contributed by atoms with Crippen LogP contribution in [0.5, 0.6) is 0 Å². The highest BCUT2D eigenvalue weighted by atomic mass is 32.2. The fraction of sp³-hybridized carbons (Fsp3) is 0.500. The van der Waals surface area contributed by atoms with Gasteiger partial charge in [0.2, 0.25) is 0 Å². The Morgan fingerprint density at radius 3 is 2.20 bits per heavy atom. The van der Waals surface area contributed by atoms with E-state index in [1.165, 1.54) is 18.5 Å². The monoisotopic (exact) mass is 433 g/mol. The SMILES string of the molecule is Cc1ccc(S(=O)(=O)NNc2ncnc(NC3CC(C)(C)NC(C)(C)C3)c2N)cc1. The normalized spacial score (nSPS) is 18.7. The van der Waals surface area contributed by atoms with Crippen molar-refractivity contribution in [3.8, 4) is 0 Å². The molecule has 1 aromatic carbocycles. The van der Waals surface area contributed by atoms with Crippen LogP contribution in [0.1, 0.15) is 46.1 Å². The molecule has 0 atom stereocenters. The molecule has 10 heteroatoms. The molecule has 1 aliphatic rings. The van der Waals surface area contributed by atoms with E-state index in [-0.39, 0.29) is 33.5 Å². The maximum Gasteiger partial charge on any atom is 0.257 e. The molecule has 1 saturated heterocycles. The molecule has 1 aliphatic heterocycles. The van der Waals surface area contributed by atoms with Gasteiger partial charge in [0.15, 0.2) is 11.6 Å². The van der Waals surface area contributed by atoms with E-state index in [4.69, 9.17) is 5.73 Å². The van der Waals surface area contributed by atoms with Crippen LogP contribution in [0.4, 0.5) is 17.3 Å². The Bertz CT molecular complexity index is 988. The lowest BCUT2D eigenvalue weighted by molar-refractivity contribution is 0.170. The number of piperidine rings is 1. The lowest BCUT2D eigenvalue weighted by Gasteiger charge is -2.46. The Balaban J connectivity index is 1.73. The first-order valence-corrected chi connectivity index (χ1v) is 11.4. The molecule has 0 amide bonds. The van der Waals surface area contributed by atoms with Gasteiger partial charge in [0.25, 0.3) is 10.0 Å². The molecule has 3 rings (SSSR count). The Morgan fingerprint density at radius 1 is 1.03 bits per heavy atom. The predicted octanol–water partition coefficient (Wildman–Crippen LogP) is 2.39. The number of hydrazine groups is 1. The average Bonchev–Trinajstić information content (AvgIpc) is 2.60. The van der Waals surface area contributed by atoms with E-state index in [9.17, 15) is 8.42 Å². The molecule has 164 valence electrons. The van der Waals surface area contributed by atoms with Crippen molar-refractivity contribution >= 4 is 27.3 Å². The molecule has 6 N–H and O–H groups in total. The van der Waals surface area contributed by atoms with Crippen LogP contribution in [0.3, 0.4) is 0 Å². The molecule has 1 aromatic heterocycles. The Morgan fingerprint density at radius 2 is 1.60 bits per heavy atom. The molecule has 2 aromatic rings. The molecule has 1 fully saturated rings. The second-order valence-electron chi connectivity index (χ2n) is 9.17. The number of aryl methyl sites for hydroxylation is 1. The number of sulfonamides is 1. The number of nitrogens with one attached hydrogen (secondary N) is 4. The average molecular weight is 434 g/mol. The zero-order valence-corrected chi connectivity index (χ0v) is 18.9. The first-order chi connectivity index (χ1) is 13.9. The molecule has 2 heterocycles. The first-order valence-electron chi connectivity index (χ1n) is 9.88. The van der Waals surface area contributed by atoms with Gasteiger partial charge in [0.05, 0.1) is 4.90 Å². The largest absolute Gasteiger partial charge is 0.393 e. The molecule has 0 unspecified atom stereocenters. The van der Waals surface area contributed by atoms with Gasteiger partial charge >= 0.3 is 0 Å². The smallest absolute Gasteiger partial charge is 0.257 e. The summed E-state index contributed by atoms with van der Waals surface area (Å²) in [4.78, 5) is 10.8. The standard InChI is InChI=1S/C20H31N7O2S/c1-13-6-8-15(9-7-13)30(28,29)27-25-18-16(21)17(22-12-23-18)24-14-10-19(2,3)26-20(4,5)11-14/h6-9,12,14,26-27H,10-11,21H2,1-5H3,(H2,22,23,24,25). The van der Waals surface area contributed by atoms with E-state index >= 15 is 0 Å². The zero-order chi connectivity index (χ0) is 22.2. The molecule has 9 nitrogen and oxygen atoms in total. The summed E-state index contributed by atoms with van der Waals surface area (Å²) < 4.78 is 25.0. The number of nitrogens with two attached hydrogens (primary N) is 1. The first kappa shape index (κ1) is 22.3. The van der Waals surface area contributed by atoms with Gasteiger partial charge in [-0.05, 0) is 59.6 Å². The third-order valence-corrected chi connectivity index (χ3v) is 6.31. The molecule has 30 heavy (non-hydrogen) atoms. The van der Waals surface area contributed by atoms with Gasteiger partial charge in [-0.3, -0.25) is 5.43 Å². The number of hydrogen-bond acceptors (Lipinski definition) is 8. The minimum absolute atomic E-state index is 0.0358. The van der Waals surface area contributed by atoms with Crippen molar-refractivity contribution in [3.63, 3.8) is 0 Å². The highest BCUT2D eigenvalue weighted by Gasteiger charge is 2.38. The van der Waals surface area contributed by atoms with Crippen LogP contribution in [0.25, 0.3) is 0 Å². The maximum absolute atomic E-state index is 12.5. The summed E-state index contributed by atoms with van der Waals surface area (Å²) in [6.45, 7) is 10.6. The van der Waals surface area contributed by atoms with Crippen LogP contribution < -0.4 is 26.6 Å². The van der Waals surface area contributed by atoms with Crippen LogP contribution in [-0.4, -0.2) is 35.5 Å². The Hall–Kier alpha value is -2.43. The van der Waals surface area contributed by atoms with E-state index in [1.54, 1.807) is 12.1 Å². The van der Waals surface area contributed by atoms with Gasteiger partial charge in [-0.2, -0.15) is 0 Å². The molecule has 0 saturated carbocycles. The lowest BCUT2D eigenvalue weighted by Crippen LogP contribution is -2.60. The fourth-order valence-electron chi connectivity index (χ4n) is 4.12. The number of anilines is 3. The van der Waals surface area contributed by atoms with Gasteiger partial charge in [-0.1, -0.05) is 17.7 Å². The molecule has 0 bridgehead atoms. The summed E-state index contributed by atoms with van der Waals surface area (Å²) in [6.07, 6.45) is 3.13. The van der Waals surface area contributed by atoms with Crippen LogP contribution in [0.2, 0.25) is 0 Å². The zero-order valence-electron chi connectivity index (χ0n) is 18.1. The van der Waals surface area contributed by atoms with Gasteiger partial charge < -0.3 is 16.4 Å². The number of nitrogens with zero attached hydrogens (tertiary/aromatic N) is 2. The third-order valence-electron chi connectivity index (χ3n) is 5.05. The molecule has 0 spiro atoms. The molecular weight excluding hydrogens is 402 g/mol. The van der Waals surface area contributed by atoms with Crippen molar-refractivity contribution in [2.45, 2.75) is 69.5 Å². The minimum Gasteiger partial charge on any atom is -0.393 e. The van der Waals surface area contributed by atoms with E-state index < -0.39 is 10.0 Å². The number of hydrogen-bond donors (Lipinski definition) is 5. The Kier molecular flexibility index (Phi) is 5.94. The summed E-state index contributed by atoms with van der Waals surface area (Å²) in [6, 6.07) is 6.70. The Labute approximate surface area is 178 Å². The van der Waals surface area contributed by atoms with E-state index in [0.29, 0.717) is 5.82 Å². The van der Waals surface area contributed by atoms with E-state index in [1.807, 2.05) is 6.92 Å². The summed E-state index contributed by atoms with van der Waals surface area (Å²) in [5.74, 6) is 0.663. The number of benzene rings is 1. The second-order valence-corrected chi connectivity index (χ2v) is 10.9. The van der Waals surface area contributed by atoms with Crippen LogP contribution in [-0.2, 0) is 10.0 Å². The van der Waals surface area contributed by atoms with Crippen LogP contribution in [0, 0.1) is 6.92 Å². The quantitative estimate of drug-likeness (QED) is 0.439. The number of nitrogen functional groups attached to an aromatic ring is 1. The molecule has 0 aliphatic carbocycles. The highest BCUT2D eigenvalue weighted by molar-refractivity contribution is 7.89. The topological polar surface area (TPSA) is 134 Å². The van der Waals surface area contributed by atoms with Crippen molar-refractivity contribution in [2.24, 2.45) is 0 Å². The summed E-state index contributed by atoms with van der Waals surface area (Å²) >= 11 is 0. The number of rotatable bonds is 6. The van der Waals surface area contributed by atoms with Crippen molar-refractivity contribution in [1.29, 1.82) is 0 Å². The maximum atomic E-state index is 12.5. The van der Waals surface area contributed by atoms with Crippen LogP contribution >= 0.6 is 0 Å². The van der Waals surface area contributed by atoms with Gasteiger partial charge in [-0.15, -0.1) is 4.83 Å². The second kappa shape index (κ2) is 8.01. The number of aromatic nitrogens is 2. The fourth-order valence-corrected chi connectivity index (χ4v) is 4.96. The van der Waals surface area contributed by atoms with Gasteiger partial charge in [-0.25, -0.2) is 18.4 Å². The van der Waals surface area contributed by atoms with Gasteiger partial charge in [0, 0.05) is 17.1 Å². The van der Waals surface area contributed by atoms with Crippen LogP contribution in [0.15, 0.2) is 35.5 Å². The van der Waals surface area contributed by atoms with Crippen molar-refractivity contribution in [3.05, 3.63) is 36.2 Å².